The van der Waals surface area contributed by atoms with Gasteiger partial charge in [0.05, 0.1) is 6.10 Å². The highest BCUT2D eigenvalue weighted by Crippen LogP contribution is 2.39. The van der Waals surface area contributed by atoms with E-state index in [1.54, 1.807) is 6.20 Å². The van der Waals surface area contributed by atoms with Gasteiger partial charge in [-0.3, -0.25) is 14.9 Å². The summed E-state index contributed by atoms with van der Waals surface area (Å²) in [6.45, 7) is 0. The fraction of sp³-hybridized carbons (Fsp3) is 0.500. The molecular formula is C18H22N4O2. The molecule has 0 saturated heterocycles. The molecule has 24 heavy (non-hydrogen) atoms. The third-order valence-corrected chi connectivity index (χ3v) is 5.04. The van der Waals surface area contributed by atoms with E-state index in [0.29, 0.717) is 18.0 Å². The van der Waals surface area contributed by atoms with Crippen molar-refractivity contribution in [2.24, 2.45) is 5.92 Å². The number of rotatable bonds is 6. The molecule has 2 saturated carbocycles. The van der Waals surface area contributed by atoms with Crippen molar-refractivity contribution in [3.05, 3.63) is 47.5 Å². The zero-order valence-electron chi connectivity index (χ0n) is 13.5. The van der Waals surface area contributed by atoms with E-state index in [2.05, 4.69) is 20.5 Å². The lowest BCUT2D eigenvalue weighted by atomic mass is 9.76. The highest BCUT2D eigenvalue weighted by Gasteiger charge is 2.35. The number of aliphatic hydroxyl groups is 1. The summed E-state index contributed by atoms with van der Waals surface area (Å²) >= 11 is 0. The van der Waals surface area contributed by atoms with Crippen LogP contribution >= 0.6 is 0 Å². The van der Waals surface area contributed by atoms with Gasteiger partial charge in [0.25, 0.3) is 5.91 Å². The van der Waals surface area contributed by atoms with E-state index in [1.807, 2.05) is 24.3 Å². The van der Waals surface area contributed by atoms with Crippen molar-refractivity contribution >= 4 is 5.91 Å². The average Bonchev–Trinajstić information content (AvgIpc) is 3.29. The van der Waals surface area contributed by atoms with Gasteiger partial charge in [-0.2, -0.15) is 5.10 Å². The molecule has 4 rings (SSSR count). The first-order valence-corrected chi connectivity index (χ1v) is 8.63. The second-order valence-corrected chi connectivity index (χ2v) is 6.97. The molecule has 0 spiro atoms. The van der Waals surface area contributed by atoms with Gasteiger partial charge in [-0.15, -0.1) is 0 Å². The first kappa shape index (κ1) is 15.3. The molecule has 0 unspecified atom stereocenters. The van der Waals surface area contributed by atoms with Crippen LogP contribution in [0.4, 0.5) is 0 Å². The maximum Gasteiger partial charge on any atom is 0.272 e. The van der Waals surface area contributed by atoms with E-state index in [1.165, 1.54) is 12.8 Å². The first-order chi connectivity index (χ1) is 11.7. The molecule has 3 N–H and O–H groups in total. The number of aliphatic hydroxyl groups excluding tert-OH is 1. The Labute approximate surface area is 140 Å². The van der Waals surface area contributed by atoms with Crippen LogP contribution in [0.3, 0.4) is 0 Å². The second kappa shape index (κ2) is 6.36. The van der Waals surface area contributed by atoms with Crippen LogP contribution in [-0.4, -0.2) is 38.3 Å². The van der Waals surface area contributed by atoms with E-state index >= 15 is 0 Å². The Morgan fingerprint density at radius 3 is 2.88 bits per heavy atom. The molecule has 1 atom stereocenters. The number of aromatic amines is 1. The summed E-state index contributed by atoms with van der Waals surface area (Å²) in [6, 6.07) is 7.63. The van der Waals surface area contributed by atoms with E-state index < -0.39 is 0 Å². The summed E-state index contributed by atoms with van der Waals surface area (Å²) in [7, 11) is 0. The van der Waals surface area contributed by atoms with Gasteiger partial charge in [-0.25, -0.2) is 0 Å². The minimum Gasteiger partial charge on any atom is -0.393 e. The lowest BCUT2D eigenvalue weighted by Crippen LogP contribution is -2.48. The van der Waals surface area contributed by atoms with Crippen LogP contribution in [0.2, 0.25) is 0 Å². The van der Waals surface area contributed by atoms with Gasteiger partial charge in [-0.05, 0) is 49.8 Å². The van der Waals surface area contributed by atoms with Crippen molar-refractivity contribution in [2.45, 2.75) is 50.2 Å². The van der Waals surface area contributed by atoms with E-state index in [0.717, 1.165) is 24.2 Å². The van der Waals surface area contributed by atoms with Gasteiger partial charge in [0.1, 0.15) is 5.69 Å². The molecule has 0 bridgehead atoms. The van der Waals surface area contributed by atoms with Crippen LogP contribution in [0.1, 0.15) is 53.5 Å². The average molecular weight is 326 g/mol. The number of carbonyl (C=O) groups is 1. The number of pyridine rings is 1. The molecule has 0 radical (unpaired) electrons. The maximum atomic E-state index is 12.6. The highest BCUT2D eigenvalue weighted by molar-refractivity contribution is 5.92. The largest absolute Gasteiger partial charge is 0.393 e. The van der Waals surface area contributed by atoms with E-state index in [-0.39, 0.29) is 24.0 Å². The quantitative estimate of drug-likeness (QED) is 0.755. The van der Waals surface area contributed by atoms with Crippen LogP contribution < -0.4 is 5.32 Å². The Morgan fingerprint density at radius 1 is 1.38 bits per heavy atom. The monoisotopic (exact) mass is 326 g/mol. The van der Waals surface area contributed by atoms with Crippen molar-refractivity contribution in [1.82, 2.24) is 20.5 Å². The lowest BCUT2D eigenvalue weighted by molar-refractivity contribution is 0.0237. The molecule has 2 aliphatic carbocycles. The number of nitrogens with zero attached hydrogens (tertiary/aromatic N) is 2. The van der Waals surface area contributed by atoms with Crippen molar-refractivity contribution in [2.75, 3.05) is 0 Å². The zero-order valence-corrected chi connectivity index (χ0v) is 13.5. The summed E-state index contributed by atoms with van der Waals surface area (Å²) in [4.78, 5) is 16.9. The Kier molecular flexibility index (Phi) is 4.06. The van der Waals surface area contributed by atoms with Gasteiger partial charge >= 0.3 is 0 Å². The Morgan fingerprint density at radius 2 is 2.21 bits per heavy atom. The minimum atomic E-state index is -0.245. The van der Waals surface area contributed by atoms with E-state index in [4.69, 9.17) is 0 Å². The smallest absolute Gasteiger partial charge is 0.272 e. The Hall–Kier alpha value is -2.21. The van der Waals surface area contributed by atoms with Crippen molar-refractivity contribution in [1.29, 1.82) is 0 Å². The SMILES string of the molecule is O=C(N[C@@H](Cc1ccccn1)C1CC(O)C1)c1cc(C2CC2)[nH]n1. The third kappa shape index (κ3) is 3.33. The predicted octanol–water partition coefficient (Wildman–Crippen LogP) is 1.79. The van der Waals surface area contributed by atoms with Gasteiger partial charge in [-0.1, -0.05) is 6.07 Å². The molecule has 6 nitrogen and oxygen atoms in total. The second-order valence-electron chi connectivity index (χ2n) is 6.97. The van der Waals surface area contributed by atoms with Crippen LogP contribution in [0.15, 0.2) is 30.5 Å². The number of carbonyl (C=O) groups excluding carboxylic acids is 1. The fourth-order valence-electron chi connectivity index (χ4n) is 3.34. The van der Waals surface area contributed by atoms with Gasteiger partial charge < -0.3 is 10.4 Å². The van der Waals surface area contributed by atoms with Gasteiger partial charge in [0.2, 0.25) is 0 Å². The molecule has 2 aromatic heterocycles. The number of nitrogens with one attached hydrogen (secondary N) is 2. The molecule has 2 aromatic rings. The van der Waals surface area contributed by atoms with Crippen LogP contribution in [0.5, 0.6) is 0 Å². The molecule has 2 aliphatic rings. The molecule has 0 aromatic carbocycles. The molecule has 0 aliphatic heterocycles. The maximum absolute atomic E-state index is 12.6. The number of amides is 1. The van der Waals surface area contributed by atoms with Crippen molar-refractivity contribution < 1.29 is 9.90 Å². The van der Waals surface area contributed by atoms with Crippen LogP contribution in [-0.2, 0) is 6.42 Å². The standard InChI is InChI=1S/C18H22N4O2/c23-14-7-12(8-14)15(9-13-3-1-2-6-19-13)20-18(24)17-10-16(21-22-17)11-4-5-11/h1-3,6,10-12,14-15,23H,4-5,7-9H2,(H,20,24)(H,21,22)/t12?,14?,15-/m0/s1. The molecular weight excluding hydrogens is 304 g/mol. The summed E-state index contributed by atoms with van der Waals surface area (Å²) in [6.07, 6.45) is 5.99. The lowest BCUT2D eigenvalue weighted by Gasteiger charge is -2.37. The molecule has 126 valence electrons. The summed E-state index contributed by atoms with van der Waals surface area (Å²) in [5, 5.41) is 19.8. The highest BCUT2D eigenvalue weighted by atomic mass is 16.3. The number of hydrogen-bond donors (Lipinski definition) is 3. The number of aromatic nitrogens is 3. The molecule has 2 heterocycles. The van der Waals surface area contributed by atoms with Crippen molar-refractivity contribution in [3.63, 3.8) is 0 Å². The molecule has 1 amide bonds. The Balaban J connectivity index is 1.44. The summed E-state index contributed by atoms with van der Waals surface area (Å²) in [5.41, 5.74) is 2.45. The predicted molar refractivity (Wildman–Crippen MR) is 88.5 cm³/mol. The molecule has 2 fully saturated rings. The topological polar surface area (TPSA) is 90.9 Å². The van der Waals surface area contributed by atoms with Crippen molar-refractivity contribution in [3.8, 4) is 0 Å². The normalized spacial score (nSPS) is 24.2. The molecule has 6 heteroatoms. The first-order valence-electron chi connectivity index (χ1n) is 8.63. The van der Waals surface area contributed by atoms with Crippen LogP contribution in [0, 0.1) is 5.92 Å². The third-order valence-electron chi connectivity index (χ3n) is 5.04. The Bertz CT molecular complexity index is 705. The zero-order chi connectivity index (χ0) is 16.5. The van der Waals surface area contributed by atoms with Gasteiger partial charge in [0, 0.05) is 36.0 Å². The number of H-pyrrole nitrogens is 1. The number of hydrogen-bond acceptors (Lipinski definition) is 4. The fourth-order valence-corrected chi connectivity index (χ4v) is 3.34. The van der Waals surface area contributed by atoms with Gasteiger partial charge in [0.15, 0.2) is 0 Å². The minimum absolute atomic E-state index is 0.0307. The summed E-state index contributed by atoms with van der Waals surface area (Å²) in [5.74, 6) is 0.679. The summed E-state index contributed by atoms with van der Waals surface area (Å²) < 4.78 is 0. The van der Waals surface area contributed by atoms with E-state index in [9.17, 15) is 9.90 Å². The van der Waals surface area contributed by atoms with Crippen LogP contribution in [0.25, 0.3) is 0 Å².